The molecule has 3 heterocycles. The highest BCUT2D eigenvalue weighted by Crippen LogP contribution is 2.38. The van der Waals surface area contributed by atoms with Gasteiger partial charge in [0.2, 0.25) is 0 Å². The highest BCUT2D eigenvalue weighted by molar-refractivity contribution is 6.08. The summed E-state index contributed by atoms with van der Waals surface area (Å²) in [6.45, 7) is 0. The predicted molar refractivity (Wildman–Crippen MR) is 244 cm³/mol. The number of hydrogen-bond donors (Lipinski definition) is 0. The van der Waals surface area contributed by atoms with Crippen LogP contribution in [0.4, 0.5) is 0 Å². The maximum Gasteiger partial charge on any atom is 0.160 e. The third-order valence-electron chi connectivity index (χ3n) is 11.3. The summed E-state index contributed by atoms with van der Waals surface area (Å²) in [5.41, 5.74) is 18.4. The van der Waals surface area contributed by atoms with Crippen molar-refractivity contribution in [1.29, 1.82) is 0 Å². The predicted octanol–water partition coefficient (Wildman–Crippen LogP) is 14.1. The van der Waals surface area contributed by atoms with Crippen LogP contribution in [0, 0.1) is 0 Å². The van der Waals surface area contributed by atoms with Crippen LogP contribution in [0.3, 0.4) is 0 Å². The minimum absolute atomic E-state index is 0.688. The molecule has 11 rings (SSSR count). The van der Waals surface area contributed by atoms with Crippen molar-refractivity contribution >= 4 is 27.5 Å². The Morgan fingerprint density at radius 1 is 0.305 bits per heavy atom. The molecule has 3 aromatic heterocycles. The van der Waals surface area contributed by atoms with Gasteiger partial charge in [-0.1, -0.05) is 182 Å². The first kappa shape index (κ1) is 34.3. The van der Waals surface area contributed by atoms with Gasteiger partial charge in [0.25, 0.3) is 0 Å². The van der Waals surface area contributed by atoms with E-state index in [-0.39, 0.29) is 0 Å². The third-order valence-corrected chi connectivity index (χ3v) is 11.3. The minimum atomic E-state index is 0.688. The van der Waals surface area contributed by atoms with Crippen molar-refractivity contribution < 1.29 is 0 Å². The van der Waals surface area contributed by atoms with Crippen molar-refractivity contribution in [3.63, 3.8) is 0 Å². The van der Waals surface area contributed by atoms with Crippen LogP contribution in [0.1, 0.15) is 0 Å². The van der Waals surface area contributed by atoms with Gasteiger partial charge in [-0.05, 0) is 69.3 Å². The molecule has 0 saturated heterocycles. The normalized spacial score (nSPS) is 11.4. The summed E-state index contributed by atoms with van der Waals surface area (Å²) in [5, 5.41) is 1.21. The second kappa shape index (κ2) is 14.5. The summed E-state index contributed by atoms with van der Waals surface area (Å²) < 4.78 is 2.34. The molecule has 0 spiro atoms. The van der Waals surface area contributed by atoms with Crippen molar-refractivity contribution in [3.8, 4) is 78.4 Å². The van der Waals surface area contributed by atoms with Gasteiger partial charge in [0.1, 0.15) is 0 Å². The Labute approximate surface area is 342 Å². The number of rotatable bonds is 7. The van der Waals surface area contributed by atoms with Crippen LogP contribution in [0.2, 0.25) is 0 Å². The maximum atomic E-state index is 5.21. The molecule has 59 heavy (non-hydrogen) atoms. The largest absolute Gasteiger partial charge is 0.306 e. The summed E-state index contributed by atoms with van der Waals surface area (Å²) >= 11 is 0. The number of aromatic nitrogens is 4. The fourth-order valence-corrected chi connectivity index (χ4v) is 8.30. The SMILES string of the molecule is c1ccc(-c2ccc(-c3cc(-c4cccc(-c5ccc(-c6c7ccccc7n7c6cnc6ccccc67)cc5)c4)nc(-c4ccc(-c5ccccc5)cc4)n3)cc2)cc1. The van der Waals surface area contributed by atoms with Crippen molar-refractivity contribution in [1.82, 2.24) is 19.4 Å². The van der Waals surface area contributed by atoms with Crippen LogP contribution in [-0.2, 0) is 0 Å². The summed E-state index contributed by atoms with van der Waals surface area (Å²) in [4.78, 5) is 15.2. The van der Waals surface area contributed by atoms with Gasteiger partial charge in [0.15, 0.2) is 5.82 Å². The van der Waals surface area contributed by atoms with Crippen LogP contribution < -0.4 is 0 Å². The molecule has 0 fully saturated rings. The lowest BCUT2D eigenvalue weighted by molar-refractivity contribution is 1.18. The average molecular weight is 753 g/mol. The Kier molecular flexibility index (Phi) is 8.45. The number of para-hydroxylation sites is 3. The van der Waals surface area contributed by atoms with E-state index in [0.717, 1.165) is 66.9 Å². The molecule has 0 atom stereocenters. The zero-order valence-corrected chi connectivity index (χ0v) is 32.1. The molecule has 0 N–H and O–H groups in total. The fourth-order valence-electron chi connectivity index (χ4n) is 8.30. The monoisotopic (exact) mass is 752 g/mol. The Bertz CT molecular complexity index is 3180. The lowest BCUT2D eigenvalue weighted by Crippen LogP contribution is -1.96. The first-order chi connectivity index (χ1) is 29.2. The quantitative estimate of drug-likeness (QED) is 0.163. The van der Waals surface area contributed by atoms with Crippen molar-refractivity contribution in [2.24, 2.45) is 0 Å². The van der Waals surface area contributed by atoms with Crippen molar-refractivity contribution in [3.05, 3.63) is 219 Å². The number of hydrogen-bond acceptors (Lipinski definition) is 3. The van der Waals surface area contributed by atoms with Crippen LogP contribution in [-0.4, -0.2) is 19.4 Å². The molecule has 0 aliphatic carbocycles. The summed E-state index contributed by atoms with van der Waals surface area (Å²) in [6, 6.07) is 74.8. The maximum absolute atomic E-state index is 5.21. The van der Waals surface area contributed by atoms with E-state index < -0.39 is 0 Å². The van der Waals surface area contributed by atoms with E-state index in [1.165, 1.54) is 33.2 Å². The third kappa shape index (κ3) is 6.34. The molecular formula is C55H36N4. The molecule has 8 aromatic carbocycles. The van der Waals surface area contributed by atoms with Gasteiger partial charge in [-0.2, -0.15) is 0 Å². The van der Waals surface area contributed by atoms with Gasteiger partial charge in [-0.3, -0.25) is 4.98 Å². The van der Waals surface area contributed by atoms with E-state index in [9.17, 15) is 0 Å². The minimum Gasteiger partial charge on any atom is -0.306 e. The summed E-state index contributed by atoms with van der Waals surface area (Å²) in [5.74, 6) is 0.688. The van der Waals surface area contributed by atoms with E-state index in [1.807, 2.05) is 24.4 Å². The van der Waals surface area contributed by atoms with Gasteiger partial charge in [0, 0.05) is 27.6 Å². The first-order valence-corrected chi connectivity index (χ1v) is 19.9. The Hall–Kier alpha value is -7.95. The molecule has 0 saturated carbocycles. The van der Waals surface area contributed by atoms with Crippen LogP contribution in [0.25, 0.3) is 106 Å². The molecule has 0 bridgehead atoms. The smallest absolute Gasteiger partial charge is 0.160 e. The van der Waals surface area contributed by atoms with Crippen LogP contribution in [0.15, 0.2) is 219 Å². The highest BCUT2D eigenvalue weighted by Gasteiger charge is 2.17. The summed E-state index contributed by atoms with van der Waals surface area (Å²) in [6.07, 6.45) is 2.01. The lowest BCUT2D eigenvalue weighted by atomic mass is 9.97. The molecule has 0 aliphatic heterocycles. The van der Waals surface area contributed by atoms with Crippen LogP contribution >= 0.6 is 0 Å². The standard InChI is InChI=1S/C55H36N4/c1-3-12-37(13-4-1)39-22-28-42(29-23-39)49-35-50(58-55(57-49)44-32-26-40(27-33-44)38-14-5-2-6-15-38)46-17-11-16-45(34-46)41-24-30-43(31-25-41)54-47-18-7-9-20-51(47)59-52-21-10-8-19-48(52)56-36-53(54)59/h1-36H. The van der Waals surface area contributed by atoms with Gasteiger partial charge in [0.05, 0.1) is 39.7 Å². The zero-order valence-electron chi connectivity index (χ0n) is 32.1. The Morgan fingerprint density at radius 3 is 1.46 bits per heavy atom. The molecule has 11 aromatic rings. The molecule has 0 unspecified atom stereocenters. The van der Waals surface area contributed by atoms with Crippen LogP contribution in [0.5, 0.6) is 0 Å². The number of benzene rings is 8. The summed E-state index contributed by atoms with van der Waals surface area (Å²) in [7, 11) is 0. The highest BCUT2D eigenvalue weighted by atomic mass is 14.9. The molecule has 0 radical (unpaired) electrons. The van der Waals surface area contributed by atoms with E-state index >= 15 is 0 Å². The van der Waals surface area contributed by atoms with Gasteiger partial charge in [-0.15, -0.1) is 0 Å². The van der Waals surface area contributed by atoms with Gasteiger partial charge < -0.3 is 4.40 Å². The first-order valence-electron chi connectivity index (χ1n) is 19.9. The molecule has 276 valence electrons. The Morgan fingerprint density at radius 2 is 0.780 bits per heavy atom. The van der Waals surface area contributed by atoms with Crippen molar-refractivity contribution in [2.75, 3.05) is 0 Å². The molecule has 4 heteroatoms. The van der Waals surface area contributed by atoms with Crippen molar-refractivity contribution in [2.45, 2.75) is 0 Å². The van der Waals surface area contributed by atoms with Gasteiger partial charge in [-0.25, -0.2) is 9.97 Å². The number of fused-ring (bicyclic) bond motifs is 5. The second-order valence-electron chi connectivity index (χ2n) is 14.9. The number of nitrogens with zero attached hydrogens (tertiary/aromatic N) is 4. The van der Waals surface area contributed by atoms with Gasteiger partial charge >= 0.3 is 0 Å². The second-order valence-corrected chi connectivity index (χ2v) is 14.9. The zero-order chi connectivity index (χ0) is 39.1. The lowest BCUT2D eigenvalue weighted by Gasteiger charge is -2.12. The van der Waals surface area contributed by atoms with E-state index in [4.69, 9.17) is 15.0 Å². The molecule has 4 nitrogen and oxygen atoms in total. The Balaban J connectivity index is 0.975. The molecule has 0 amide bonds. The topological polar surface area (TPSA) is 43.1 Å². The molecule has 0 aliphatic rings. The van der Waals surface area contributed by atoms with E-state index in [2.05, 4.69) is 199 Å². The van der Waals surface area contributed by atoms with E-state index in [0.29, 0.717) is 5.82 Å². The average Bonchev–Trinajstić information content (AvgIpc) is 3.67. The fraction of sp³-hybridized carbons (Fsp3) is 0. The van der Waals surface area contributed by atoms with E-state index in [1.54, 1.807) is 0 Å². The molecular weight excluding hydrogens is 717 g/mol.